The molecule has 0 nitrogen and oxygen atoms in total. The molecule has 0 aromatic heterocycles. The topological polar surface area (TPSA) is 0 Å². The minimum absolute atomic E-state index is 0.968. The standard InChI is InChI=1S/C9H16/c1-6(2)8-5-9(8)7-3-4-7/h6-9H,3-5H2,1-2H3/t8-,9?/m0/s1. The van der Waals surface area contributed by atoms with Crippen molar-refractivity contribution in [1.29, 1.82) is 0 Å². The fraction of sp³-hybridized carbons (Fsp3) is 1.00. The summed E-state index contributed by atoms with van der Waals surface area (Å²) in [5, 5.41) is 0. The van der Waals surface area contributed by atoms with Crippen molar-refractivity contribution in [1.82, 2.24) is 0 Å². The van der Waals surface area contributed by atoms with Crippen LogP contribution in [0.15, 0.2) is 0 Å². The minimum Gasteiger partial charge on any atom is -0.0625 e. The molecule has 0 aromatic carbocycles. The summed E-state index contributed by atoms with van der Waals surface area (Å²) in [5.41, 5.74) is 0. The van der Waals surface area contributed by atoms with Crippen LogP contribution in [0, 0.1) is 23.7 Å². The second kappa shape index (κ2) is 1.74. The highest BCUT2D eigenvalue weighted by molar-refractivity contribution is 4.97. The summed E-state index contributed by atoms with van der Waals surface area (Å²) in [6.07, 6.45) is 4.66. The van der Waals surface area contributed by atoms with E-state index in [0.717, 1.165) is 11.8 Å². The second-order valence-corrected chi connectivity index (χ2v) is 4.14. The SMILES string of the molecule is CC(C)[C@@H]1CC1C1CC1. The molecular formula is C9H16. The van der Waals surface area contributed by atoms with Gasteiger partial charge in [0.2, 0.25) is 0 Å². The van der Waals surface area contributed by atoms with Crippen LogP contribution in [0.25, 0.3) is 0 Å². The van der Waals surface area contributed by atoms with Crippen LogP contribution in [0.5, 0.6) is 0 Å². The molecule has 0 aromatic rings. The first kappa shape index (κ1) is 5.76. The maximum atomic E-state index is 2.37. The van der Waals surface area contributed by atoms with Crippen molar-refractivity contribution >= 4 is 0 Å². The Kier molecular flexibility index (Phi) is 1.12. The van der Waals surface area contributed by atoms with Crippen molar-refractivity contribution < 1.29 is 0 Å². The van der Waals surface area contributed by atoms with E-state index in [4.69, 9.17) is 0 Å². The zero-order chi connectivity index (χ0) is 6.43. The molecular weight excluding hydrogens is 108 g/mol. The minimum atomic E-state index is 0.968. The monoisotopic (exact) mass is 124 g/mol. The van der Waals surface area contributed by atoms with E-state index in [9.17, 15) is 0 Å². The van der Waals surface area contributed by atoms with Gasteiger partial charge in [0.05, 0.1) is 0 Å². The van der Waals surface area contributed by atoms with E-state index in [-0.39, 0.29) is 0 Å². The Morgan fingerprint density at radius 2 is 1.89 bits per heavy atom. The van der Waals surface area contributed by atoms with E-state index in [1.165, 1.54) is 11.8 Å². The molecule has 0 N–H and O–H groups in total. The second-order valence-electron chi connectivity index (χ2n) is 4.14. The molecule has 2 aliphatic rings. The lowest BCUT2D eigenvalue weighted by Gasteiger charge is -1.99. The summed E-state index contributed by atoms with van der Waals surface area (Å²) < 4.78 is 0. The van der Waals surface area contributed by atoms with Gasteiger partial charge in [0.25, 0.3) is 0 Å². The average molecular weight is 124 g/mol. The molecule has 2 rings (SSSR count). The van der Waals surface area contributed by atoms with Crippen LogP contribution in [-0.2, 0) is 0 Å². The van der Waals surface area contributed by atoms with Crippen molar-refractivity contribution in [2.45, 2.75) is 33.1 Å². The van der Waals surface area contributed by atoms with Gasteiger partial charge in [-0.25, -0.2) is 0 Å². The third-order valence-corrected chi connectivity index (χ3v) is 2.97. The fourth-order valence-corrected chi connectivity index (χ4v) is 2.07. The Hall–Kier alpha value is 0. The summed E-state index contributed by atoms with van der Waals surface area (Å²) in [5.74, 6) is 4.44. The molecule has 0 radical (unpaired) electrons. The molecule has 2 saturated carbocycles. The Balaban J connectivity index is 1.81. The maximum absolute atomic E-state index is 2.37. The van der Waals surface area contributed by atoms with Crippen LogP contribution in [0.4, 0.5) is 0 Å². The van der Waals surface area contributed by atoms with E-state index in [1.807, 2.05) is 0 Å². The molecule has 9 heavy (non-hydrogen) atoms. The third kappa shape index (κ3) is 0.997. The smallest absolute Gasteiger partial charge is 0.0352 e. The van der Waals surface area contributed by atoms with Gasteiger partial charge in [-0.05, 0) is 42.9 Å². The average Bonchev–Trinajstić information content (AvgIpc) is 2.60. The number of rotatable bonds is 2. The van der Waals surface area contributed by atoms with Gasteiger partial charge < -0.3 is 0 Å². The van der Waals surface area contributed by atoms with Crippen molar-refractivity contribution in [2.24, 2.45) is 23.7 Å². The Bertz CT molecular complexity index is 105. The van der Waals surface area contributed by atoms with Crippen LogP contribution < -0.4 is 0 Å². The molecule has 0 aliphatic heterocycles. The van der Waals surface area contributed by atoms with Gasteiger partial charge in [0.1, 0.15) is 0 Å². The molecule has 0 spiro atoms. The van der Waals surface area contributed by atoms with Crippen LogP contribution in [0.3, 0.4) is 0 Å². The fourth-order valence-electron chi connectivity index (χ4n) is 2.07. The first-order valence-electron chi connectivity index (χ1n) is 4.29. The molecule has 0 bridgehead atoms. The molecule has 0 saturated heterocycles. The first-order chi connectivity index (χ1) is 4.29. The summed E-state index contributed by atoms with van der Waals surface area (Å²) in [4.78, 5) is 0. The molecule has 1 unspecified atom stereocenters. The van der Waals surface area contributed by atoms with E-state index in [1.54, 1.807) is 19.3 Å². The van der Waals surface area contributed by atoms with Crippen LogP contribution in [0.2, 0.25) is 0 Å². The maximum Gasteiger partial charge on any atom is -0.0352 e. The van der Waals surface area contributed by atoms with Crippen molar-refractivity contribution in [3.05, 3.63) is 0 Å². The highest BCUT2D eigenvalue weighted by atomic mass is 14.5. The van der Waals surface area contributed by atoms with Gasteiger partial charge in [-0.15, -0.1) is 0 Å². The summed E-state index contributed by atoms with van der Waals surface area (Å²) in [6, 6.07) is 0. The van der Waals surface area contributed by atoms with E-state index < -0.39 is 0 Å². The van der Waals surface area contributed by atoms with E-state index >= 15 is 0 Å². The summed E-state index contributed by atoms with van der Waals surface area (Å²) >= 11 is 0. The summed E-state index contributed by atoms with van der Waals surface area (Å²) in [7, 11) is 0. The summed E-state index contributed by atoms with van der Waals surface area (Å²) in [6.45, 7) is 4.74. The lowest BCUT2D eigenvalue weighted by atomic mass is 10.1. The van der Waals surface area contributed by atoms with Crippen LogP contribution >= 0.6 is 0 Å². The molecule has 0 heteroatoms. The lowest BCUT2D eigenvalue weighted by molar-refractivity contribution is 0.494. The molecule has 0 heterocycles. The van der Waals surface area contributed by atoms with Crippen molar-refractivity contribution in [3.8, 4) is 0 Å². The molecule has 2 fully saturated rings. The van der Waals surface area contributed by atoms with Crippen molar-refractivity contribution in [2.75, 3.05) is 0 Å². The van der Waals surface area contributed by atoms with Crippen LogP contribution in [-0.4, -0.2) is 0 Å². The zero-order valence-corrected chi connectivity index (χ0v) is 6.43. The molecule has 2 atom stereocenters. The van der Waals surface area contributed by atoms with Gasteiger partial charge in [-0.2, -0.15) is 0 Å². The Morgan fingerprint density at radius 1 is 1.22 bits per heavy atom. The normalized spacial score (nSPS) is 41.7. The highest BCUT2D eigenvalue weighted by Gasteiger charge is 2.48. The Morgan fingerprint density at radius 3 is 2.22 bits per heavy atom. The molecule has 2 aliphatic carbocycles. The number of hydrogen-bond acceptors (Lipinski definition) is 0. The van der Waals surface area contributed by atoms with E-state index in [0.29, 0.717) is 0 Å². The largest absolute Gasteiger partial charge is 0.0625 e. The van der Waals surface area contributed by atoms with Gasteiger partial charge >= 0.3 is 0 Å². The lowest BCUT2D eigenvalue weighted by Crippen LogP contribution is -1.93. The third-order valence-electron chi connectivity index (χ3n) is 2.97. The predicted molar refractivity (Wildman–Crippen MR) is 39.2 cm³/mol. The van der Waals surface area contributed by atoms with Gasteiger partial charge in [0, 0.05) is 0 Å². The van der Waals surface area contributed by atoms with Gasteiger partial charge in [-0.3, -0.25) is 0 Å². The molecule has 0 amide bonds. The van der Waals surface area contributed by atoms with Gasteiger partial charge in [0.15, 0.2) is 0 Å². The van der Waals surface area contributed by atoms with Crippen LogP contribution in [0.1, 0.15) is 33.1 Å². The van der Waals surface area contributed by atoms with Crippen molar-refractivity contribution in [3.63, 3.8) is 0 Å². The predicted octanol–water partition coefficient (Wildman–Crippen LogP) is 2.69. The quantitative estimate of drug-likeness (QED) is 0.531. The highest BCUT2D eigenvalue weighted by Crippen LogP contribution is 2.56. The van der Waals surface area contributed by atoms with E-state index in [2.05, 4.69) is 13.8 Å². The first-order valence-corrected chi connectivity index (χ1v) is 4.29. The van der Waals surface area contributed by atoms with Gasteiger partial charge in [-0.1, -0.05) is 13.8 Å². The number of hydrogen-bond donors (Lipinski definition) is 0. The zero-order valence-electron chi connectivity index (χ0n) is 6.43. The Labute approximate surface area is 57.6 Å². The molecule has 52 valence electrons.